The van der Waals surface area contributed by atoms with Gasteiger partial charge >= 0.3 is 0 Å². The highest BCUT2D eigenvalue weighted by Gasteiger charge is 2.19. The maximum Gasteiger partial charge on any atom is 0.128 e. The zero-order chi connectivity index (χ0) is 15.4. The van der Waals surface area contributed by atoms with Crippen LogP contribution in [0.15, 0.2) is 42.6 Å². The maximum absolute atomic E-state index is 13.0. The molecule has 1 aromatic heterocycles. The van der Waals surface area contributed by atoms with E-state index in [4.69, 9.17) is 5.73 Å². The van der Waals surface area contributed by atoms with E-state index >= 15 is 0 Å². The molecule has 1 saturated heterocycles. The zero-order valence-corrected chi connectivity index (χ0v) is 12.7. The van der Waals surface area contributed by atoms with Gasteiger partial charge in [0, 0.05) is 24.8 Å². The van der Waals surface area contributed by atoms with Crippen molar-refractivity contribution >= 4 is 5.82 Å². The van der Waals surface area contributed by atoms with Crippen LogP contribution in [-0.4, -0.2) is 24.6 Å². The van der Waals surface area contributed by atoms with E-state index in [0.29, 0.717) is 0 Å². The first kappa shape index (κ1) is 15.0. The molecule has 2 aromatic rings. The molecule has 0 spiro atoms. The van der Waals surface area contributed by atoms with E-state index in [1.54, 1.807) is 12.1 Å². The molecule has 1 aliphatic heterocycles. The molecule has 3 rings (SSSR count). The van der Waals surface area contributed by atoms with Crippen LogP contribution in [0.1, 0.15) is 19.3 Å². The first-order valence-corrected chi connectivity index (χ1v) is 7.93. The molecular weight excluding hydrogens is 277 g/mol. The topological polar surface area (TPSA) is 42.1 Å². The van der Waals surface area contributed by atoms with Gasteiger partial charge in [-0.25, -0.2) is 9.37 Å². The normalized spacial score (nSPS) is 16.0. The van der Waals surface area contributed by atoms with E-state index in [0.717, 1.165) is 48.9 Å². The highest BCUT2D eigenvalue weighted by molar-refractivity contribution is 5.63. The summed E-state index contributed by atoms with van der Waals surface area (Å²) >= 11 is 0. The lowest BCUT2D eigenvalue weighted by molar-refractivity contribution is 0.385. The highest BCUT2D eigenvalue weighted by Crippen LogP contribution is 2.25. The Labute approximate surface area is 131 Å². The molecule has 2 heterocycles. The molecule has 1 fully saturated rings. The third-order valence-electron chi connectivity index (χ3n) is 4.44. The van der Waals surface area contributed by atoms with Crippen LogP contribution in [-0.2, 0) is 0 Å². The van der Waals surface area contributed by atoms with Crippen LogP contribution in [0.3, 0.4) is 0 Å². The second kappa shape index (κ2) is 6.88. The van der Waals surface area contributed by atoms with Gasteiger partial charge < -0.3 is 10.6 Å². The summed E-state index contributed by atoms with van der Waals surface area (Å²) in [4.78, 5) is 6.91. The summed E-state index contributed by atoms with van der Waals surface area (Å²) < 4.78 is 13.0. The Morgan fingerprint density at radius 1 is 1.05 bits per heavy atom. The molecule has 0 atom stereocenters. The maximum atomic E-state index is 13.0. The van der Waals surface area contributed by atoms with Crippen molar-refractivity contribution in [2.45, 2.75) is 19.3 Å². The molecule has 1 aromatic carbocycles. The van der Waals surface area contributed by atoms with Crippen molar-refractivity contribution in [2.24, 2.45) is 11.7 Å². The van der Waals surface area contributed by atoms with Crippen LogP contribution in [0, 0.1) is 11.7 Å². The van der Waals surface area contributed by atoms with Crippen LogP contribution in [0.25, 0.3) is 11.1 Å². The fourth-order valence-corrected chi connectivity index (χ4v) is 3.07. The number of nitrogens with zero attached hydrogens (tertiary/aromatic N) is 2. The summed E-state index contributed by atoms with van der Waals surface area (Å²) in [6, 6.07) is 10.6. The second-order valence-electron chi connectivity index (χ2n) is 5.92. The summed E-state index contributed by atoms with van der Waals surface area (Å²) in [6.45, 7) is 2.89. The average Bonchev–Trinajstić information content (AvgIpc) is 2.57. The van der Waals surface area contributed by atoms with Crippen LogP contribution in [0.2, 0.25) is 0 Å². The molecule has 0 radical (unpaired) electrons. The molecular formula is C18H22FN3. The summed E-state index contributed by atoms with van der Waals surface area (Å²) in [7, 11) is 0. The van der Waals surface area contributed by atoms with Crippen LogP contribution < -0.4 is 10.6 Å². The van der Waals surface area contributed by atoms with Crippen LogP contribution >= 0.6 is 0 Å². The molecule has 22 heavy (non-hydrogen) atoms. The monoisotopic (exact) mass is 299 g/mol. The molecule has 0 unspecified atom stereocenters. The molecule has 116 valence electrons. The van der Waals surface area contributed by atoms with Crippen molar-refractivity contribution in [3.63, 3.8) is 0 Å². The van der Waals surface area contributed by atoms with E-state index in [9.17, 15) is 4.39 Å². The zero-order valence-electron chi connectivity index (χ0n) is 12.7. The van der Waals surface area contributed by atoms with Crippen molar-refractivity contribution in [1.82, 2.24) is 4.98 Å². The number of anilines is 1. The number of pyridine rings is 1. The minimum absolute atomic E-state index is 0.214. The number of rotatable bonds is 4. The van der Waals surface area contributed by atoms with Gasteiger partial charge in [0.1, 0.15) is 11.6 Å². The molecule has 0 aliphatic carbocycles. The number of piperidine rings is 1. The summed E-state index contributed by atoms with van der Waals surface area (Å²) in [5.74, 6) is 1.57. The molecule has 3 nitrogen and oxygen atoms in total. The lowest BCUT2D eigenvalue weighted by atomic mass is 9.93. The molecule has 0 bridgehead atoms. The van der Waals surface area contributed by atoms with E-state index < -0.39 is 0 Å². The molecule has 1 aliphatic rings. The van der Waals surface area contributed by atoms with E-state index in [2.05, 4.69) is 22.0 Å². The lowest BCUT2D eigenvalue weighted by Crippen LogP contribution is -2.34. The van der Waals surface area contributed by atoms with Gasteiger partial charge in [-0.1, -0.05) is 12.1 Å². The smallest absolute Gasteiger partial charge is 0.128 e. The number of nitrogens with two attached hydrogens (primary N) is 1. The Morgan fingerprint density at radius 2 is 1.73 bits per heavy atom. The van der Waals surface area contributed by atoms with Crippen molar-refractivity contribution in [1.29, 1.82) is 0 Å². The third kappa shape index (κ3) is 3.45. The van der Waals surface area contributed by atoms with Gasteiger partial charge in [0.25, 0.3) is 0 Å². The SMILES string of the molecule is NCCC1CCN(c2ccc(-c3ccc(F)cc3)cn2)CC1. The minimum Gasteiger partial charge on any atom is -0.357 e. The van der Waals surface area contributed by atoms with Gasteiger partial charge in [0.05, 0.1) is 0 Å². The first-order valence-electron chi connectivity index (χ1n) is 7.93. The fourth-order valence-electron chi connectivity index (χ4n) is 3.07. The number of hydrogen-bond donors (Lipinski definition) is 1. The standard InChI is InChI=1S/C18H22FN3/c19-17-4-1-15(2-5-17)16-3-6-18(21-13-16)22-11-8-14(7-10-20)9-12-22/h1-6,13-14H,7-12,20H2. The second-order valence-corrected chi connectivity index (χ2v) is 5.92. The summed E-state index contributed by atoms with van der Waals surface area (Å²) in [5, 5.41) is 0. The van der Waals surface area contributed by atoms with E-state index in [1.807, 2.05) is 6.20 Å². The fraction of sp³-hybridized carbons (Fsp3) is 0.389. The predicted molar refractivity (Wildman–Crippen MR) is 88.2 cm³/mol. The van der Waals surface area contributed by atoms with Crippen molar-refractivity contribution in [3.8, 4) is 11.1 Å². The van der Waals surface area contributed by atoms with Gasteiger partial charge in [0.2, 0.25) is 0 Å². The summed E-state index contributed by atoms with van der Waals surface area (Å²) in [6.07, 6.45) is 5.39. The largest absolute Gasteiger partial charge is 0.357 e. The Morgan fingerprint density at radius 3 is 2.32 bits per heavy atom. The van der Waals surface area contributed by atoms with Gasteiger partial charge in [0.15, 0.2) is 0 Å². The quantitative estimate of drug-likeness (QED) is 0.940. The number of aromatic nitrogens is 1. The van der Waals surface area contributed by atoms with Gasteiger partial charge in [-0.05, 0) is 61.6 Å². The van der Waals surface area contributed by atoms with E-state index in [1.165, 1.54) is 25.0 Å². The molecule has 0 amide bonds. The Hall–Kier alpha value is -1.94. The van der Waals surface area contributed by atoms with E-state index in [-0.39, 0.29) is 5.82 Å². The Kier molecular flexibility index (Phi) is 4.68. The van der Waals surface area contributed by atoms with Gasteiger partial charge in [-0.3, -0.25) is 0 Å². The predicted octanol–water partition coefficient (Wildman–Crippen LogP) is 3.45. The Bertz CT molecular complexity index is 587. The summed E-state index contributed by atoms with van der Waals surface area (Å²) in [5.41, 5.74) is 7.64. The molecule has 2 N–H and O–H groups in total. The number of halogens is 1. The highest BCUT2D eigenvalue weighted by atomic mass is 19.1. The van der Waals surface area contributed by atoms with Crippen molar-refractivity contribution in [2.75, 3.05) is 24.5 Å². The average molecular weight is 299 g/mol. The van der Waals surface area contributed by atoms with Gasteiger partial charge in [-0.2, -0.15) is 0 Å². The number of benzene rings is 1. The third-order valence-corrected chi connectivity index (χ3v) is 4.44. The molecule has 4 heteroatoms. The lowest BCUT2D eigenvalue weighted by Gasteiger charge is -2.32. The minimum atomic E-state index is -0.214. The van der Waals surface area contributed by atoms with Crippen molar-refractivity contribution in [3.05, 3.63) is 48.4 Å². The van der Waals surface area contributed by atoms with Crippen LogP contribution in [0.5, 0.6) is 0 Å². The Balaban J connectivity index is 1.66. The number of hydrogen-bond acceptors (Lipinski definition) is 3. The first-order chi connectivity index (χ1) is 10.8. The van der Waals surface area contributed by atoms with Crippen LogP contribution in [0.4, 0.5) is 10.2 Å². The molecule has 0 saturated carbocycles. The van der Waals surface area contributed by atoms with Crippen molar-refractivity contribution < 1.29 is 4.39 Å². The van der Waals surface area contributed by atoms with Gasteiger partial charge in [-0.15, -0.1) is 0 Å².